The Morgan fingerprint density at radius 1 is 1.14 bits per heavy atom. The Balaban J connectivity index is 0.000000173. The Hall–Kier alpha value is -3.51. The van der Waals surface area contributed by atoms with Crippen LogP contribution in [0.3, 0.4) is 0 Å². The van der Waals surface area contributed by atoms with Crippen LogP contribution in [0.4, 0.5) is 0 Å². The van der Waals surface area contributed by atoms with Gasteiger partial charge in [0, 0.05) is 29.1 Å². The molecule has 0 saturated carbocycles. The number of esters is 1. The average molecular weight is 503 g/mol. The summed E-state index contributed by atoms with van der Waals surface area (Å²) in [5, 5.41) is 0. The molecule has 2 aliphatic heterocycles. The predicted octanol–water partition coefficient (Wildman–Crippen LogP) is 5.33. The van der Waals surface area contributed by atoms with E-state index in [0.717, 1.165) is 31.2 Å². The van der Waals surface area contributed by atoms with Gasteiger partial charge in [-0.15, -0.1) is 6.58 Å². The molecule has 2 heterocycles. The van der Waals surface area contributed by atoms with Crippen molar-refractivity contribution >= 4 is 17.5 Å². The molecule has 0 amide bonds. The van der Waals surface area contributed by atoms with Crippen LogP contribution in [0.25, 0.3) is 0 Å². The van der Waals surface area contributed by atoms with Gasteiger partial charge in [0.1, 0.15) is 12.2 Å². The van der Waals surface area contributed by atoms with Crippen molar-refractivity contribution in [2.75, 3.05) is 7.11 Å². The number of ether oxygens (including phenoxy) is 3. The lowest BCUT2D eigenvalue weighted by atomic mass is 9.84. The highest BCUT2D eigenvalue weighted by atomic mass is 16.6. The van der Waals surface area contributed by atoms with Crippen LogP contribution in [-0.2, 0) is 28.6 Å². The zero-order valence-electron chi connectivity index (χ0n) is 21.7. The lowest BCUT2D eigenvalue weighted by molar-refractivity contribution is -0.140. The maximum absolute atomic E-state index is 12.1. The molecule has 5 atom stereocenters. The van der Waals surface area contributed by atoms with Crippen LogP contribution >= 0.6 is 0 Å². The average Bonchev–Trinajstić information content (AvgIpc) is 3.47. The number of hydrogen-bond donors (Lipinski definition) is 0. The summed E-state index contributed by atoms with van der Waals surface area (Å²) in [5.41, 5.74) is 3.27. The summed E-state index contributed by atoms with van der Waals surface area (Å²) in [5.74, 6) is -0.823. The summed E-state index contributed by atoms with van der Waals surface area (Å²) in [7, 11) is 1.37. The van der Waals surface area contributed by atoms with E-state index in [2.05, 4.69) is 33.1 Å². The van der Waals surface area contributed by atoms with Crippen molar-refractivity contribution in [3.05, 3.63) is 95.8 Å². The van der Waals surface area contributed by atoms with Gasteiger partial charge >= 0.3 is 5.97 Å². The molecule has 0 aromatic heterocycles. The highest BCUT2D eigenvalue weighted by Crippen LogP contribution is 2.49. The second-order valence-corrected chi connectivity index (χ2v) is 10.1. The van der Waals surface area contributed by atoms with E-state index >= 15 is 0 Å². The van der Waals surface area contributed by atoms with E-state index in [1.807, 2.05) is 30.3 Å². The van der Waals surface area contributed by atoms with E-state index in [1.54, 1.807) is 6.08 Å². The standard InChI is InChI=1S/C16H14O3.C15H20O3/c1-3-12(11-7-5-4-6-8-11)13-9-15(18)16(19-2)10-14(13)17;1-9-5-4-8-15(3)13(18-15)12-11(7-6-9)10(2)14(16)17-12/h3-10,12H,1H2,2H3;5,11-13H,2,4,6-8H2,1,3H3. The van der Waals surface area contributed by atoms with Crippen molar-refractivity contribution in [3.8, 4) is 0 Å². The Morgan fingerprint density at radius 3 is 2.54 bits per heavy atom. The van der Waals surface area contributed by atoms with Crippen molar-refractivity contribution < 1.29 is 28.6 Å². The second-order valence-electron chi connectivity index (χ2n) is 10.1. The van der Waals surface area contributed by atoms with Crippen molar-refractivity contribution in [2.45, 2.75) is 63.3 Å². The number of carbonyl (C=O) groups is 3. The first-order valence-electron chi connectivity index (χ1n) is 12.6. The molecule has 1 aromatic carbocycles. The molecule has 5 unspecified atom stereocenters. The molecule has 2 aliphatic carbocycles. The van der Waals surface area contributed by atoms with Crippen LogP contribution in [0.2, 0.25) is 0 Å². The quantitative estimate of drug-likeness (QED) is 0.182. The fourth-order valence-electron chi connectivity index (χ4n) is 5.27. The number of fused-ring (bicyclic) bond motifs is 3. The van der Waals surface area contributed by atoms with Gasteiger partial charge in [-0.2, -0.15) is 0 Å². The van der Waals surface area contributed by atoms with Crippen molar-refractivity contribution in [1.82, 2.24) is 0 Å². The first kappa shape index (κ1) is 26.6. The largest absolute Gasteiger partial charge is 0.493 e. The summed E-state index contributed by atoms with van der Waals surface area (Å²) in [4.78, 5) is 35.5. The summed E-state index contributed by atoms with van der Waals surface area (Å²) < 4.78 is 16.2. The summed E-state index contributed by atoms with van der Waals surface area (Å²) in [6.45, 7) is 11.9. The maximum Gasteiger partial charge on any atom is 0.334 e. The molecule has 6 heteroatoms. The Labute approximate surface area is 218 Å². The lowest BCUT2D eigenvalue weighted by Gasteiger charge is -2.19. The van der Waals surface area contributed by atoms with Crippen LogP contribution in [0, 0.1) is 5.92 Å². The van der Waals surface area contributed by atoms with Crippen LogP contribution in [0.15, 0.2) is 90.3 Å². The second kappa shape index (κ2) is 10.9. The molecule has 37 heavy (non-hydrogen) atoms. The molecule has 1 aromatic rings. The third-order valence-electron chi connectivity index (χ3n) is 7.60. The Morgan fingerprint density at radius 2 is 1.86 bits per heavy atom. The topological polar surface area (TPSA) is 82.2 Å². The molecule has 2 fully saturated rings. The summed E-state index contributed by atoms with van der Waals surface area (Å²) in [6, 6.07) is 9.48. The van der Waals surface area contributed by atoms with Gasteiger partial charge < -0.3 is 14.2 Å². The number of ketones is 2. The Kier molecular flexibility index (Phi) is 7.79. The van der Waals surface area contributed by atoms with Gasteiger partial charge in [-0.1, -0.05) is 54.6 Å². The first-order chi connectivity index (χ1) is 17.7. The third kappa shape index (κ3) is 5.59. The van der Waals surface area contributed by atoms with E-state index in [-0.39, 0.29) is 52.9 Å². The van der Waals surface area contributed by atoms with E-state index in [9.17, 15) is 14.4 Å². The molecule has 0 radical (unpaired) electrons. The smallest absolute Gasteiger partial charge is 0.334 e. The number of hydrogen-bond acceptors (Lipinski definition) is 6. The lowest BCUT2D eigenvalue weighted by Crippen LogP contribution is -2.28. The minimum absolute atomic E-state index is 0.0671. The molecule has 194 valence electrons. The molecule has 0 bridgehead atoms. The van der Waals surface area contributed by atoms with Crippen LogP contribution < -0.4 is 0 Å². The number of carbonyl (C=O) groups excluding carboxylic acids is 3. The van der Waals surface area contributed by atoms with Gasteiger partial charge in [-0.25, -0.2) is 4.79 Å². The molecule has 0 spiro atoms. The number of benzene rings is 1. The number of allylic oxidation sites excluding steroid dienone is 6. The van der Waals surface area contributed by atoms with Crippen LogP contribution in [-0.4, -0.2) is 42.5 Å². The van der Waals surface area contributed by atoms with Gasteiger partial charge in [0.15, 0.2) is 11.5 Å². The van der Waals surface area contributed by atoms with Gasteiger partial charge in [0.2, 0.25) is 5.78 Å². The number of epoxide rings is 1. The minimum Gasteiger partial charge on any atom is -0.493 e. The van der Waals surface area contributed by atoms with Crippen molar-refractivity contribution in [1.29, 1.82) is 0 Å². The molecular weight excluding hydrogens is 468 g/mol. The van der Waals surface area contributed by atoms with Gasteiger partial charge in [-0.05, 0) is 51.2 Å². The van der Waals surface area contributed by atoms with Gasteiger partial charge in [0.05, 0.1) is 12.7 Å². The molecule has 0 N–H and O–H groups in total. The molecule has 6 nitrogen and oxygen atoms in total. The summed E-state index contributed by atoms with van der Waals surface area (Å²) >= 11 is 0. The van der Waals surface area contributed by atoms with E-state index in [4.69, 9.17) is 14.2 Å². The molecule has 2 saturated heterocycles. The first-order valence-corrected chi connectivity index (χ1v) is 12.6. The zero-order chi connectivity index (χ0) is 26.7. The Bertz CT molecular complexity index is 1200. The highest BCUT2D eigenvalue weighted by Gasteiger charge is 2.61. The normalized spacial score (nSPS) is 29.7. The third-order valence-corrected chi connectivity index (χ3v) is 7.60. The van der Waals surface area contributed by atoms with E-state index < -0.39 is 0 Å². The fourth-order valence-corrected chi connectivity index (χ4v) is 5.27. The molecule has 5 rings (SSSR count). The molecule has 4 aliphatic rings. The zero-order valence-corrected chi connectivity index (χ0v) is 21.7. The highest BCUT2D eigenvalue weighted by molar-refractivity contribution is 6.19. The van der Waals surface area contributed by atoms with Crippen molar-refractivity contribution in [3.63, 3.8) is 0 Å². The maximum atomic E-state index is 12.1. The number of rotatable bonds is 4. The number of methoxy groups -OCH3 is 1. The van der Waals surface area contributed by atoms with Gasteiger partial charge in [-0.3, -0.25) is 9.59 Å². The van der Waals surface area contributed by atoms with Crippen LogP contribution in [0.1, 0.15) is 51.0 Å². The van der Waals surface area contributed by atoms with E-state index in [0.29, 0.717) is 11.1 Å². The van der Waals surface area contributed by atoms with Gasteiger partial charge in [0.25, 0.3) is 0 Å². The molecular formula is C31H34O6. The minimum atomic E-state index is -0.292. The van der Waals surface area contributed by atoms with Crippen LogP contribution in [0.5, 0.6) is 0 Å². The van der Waals surface area contributed by atoms with Crippen molar-refractivity contribution in [2.24, 2.45) is 5.92 Å². The predicted molar refractivity (Wildman–Crippen MR) is 141 cm³/mol. The monoisotopic (exact) mass is 502 g/mol. The summed E-state index contributed by atoms with van der Waals surface area (Å²) in [6.07, 6.45) is 10.5. The SMILES string of the molecule is C=C1C(=O)OC2C1CCC(C)=CCCC1(C)OC21.C=CC(C1=CC(=O)C(OC)=CC1=O)c1ccccc1. The van der Waals surface area contributed by atoms with E-state index in [1.165, 1.54) is 24.8 Å². The fraction of sp³-hybridized carbons (Fsp3) is 0.387.